The molecule has 0 N–H and O–H groups in total. The third-order valence-corrected chi connectivity index (χ3v) is 1.79. The first-order valence-electron chi connectivity index (χ1n) is 3.23. The molecule has 0 fully saturated rings. The summed E-state index contributed by atoms with van der Waals surface area (Å²) in [7, 11) is 0. The molecule has 0 radical (unpaired) electrons. The van der Waals surface area contributed by atoms with Crippen LogP contribution in [0.1, 0.15) is 32.6 Å². The molecule has 0 amide bonds. The van der Waals surface area contributed by atoms with Gasteiger partial charge in [0.25, 0.3) is 0 Å². The molecule has 0 atom stereocenters. The van der Waals surface area contributed by atoms with Crippen LogP contribution in [0.2, 0.25) is 0 Å². The van der Waals surface area contributed by atoms with Crippen molar-refractivity contribution in [2.24, 2.45) is 0 Å². The summed E-state index contributed by atoms with van der Waals surface area (Å²) in [5.74, 6) is 0. The van der Waals surface area contributed by atoms with Crippen molar-refractivity contribution in [3.63, 3.8) is 0 Å². The van der Waals surface area contributed by atoms with Gasteiger partial charge < -0.3 is 0 Å². The van der Waals surface area contributed by atoms with Crippen LogP contribution >= 0.6 is 37.9 Å². The lowest BCUT2D eigenvalue weighted by molar-refractivity contribution is 0.689. The van der Waals surface area contributed by atoms with E-state index in [0.29, 0.717) is 0 Å². The predicted octanol–water partition coefficient (Wildman–Crippen LogP) is 3.01. The molecule has 0 nitrogen and oxygen atoms in total. The van der Waals surface area contributed by atoms with Gasteiger partial charge in [0.15, 0.2) is 0 Å². The third kappa shape index (κ3) is 9.05. The number of rotatable bonds is 4. The number of thiol groups is 3. The zero-order chi connectivity index (χ0) is 7.33. The Labute approximate surface area is 74.0 Å². The minimum absolute atomic E-state index is 0.366. The van der Waals surface area contributed by atoms with Crippen molar-refractivity contribution in [2.45, 2.75) is 36.0 Å². The second kappa shape index (κ2) is 4.80. The predicted molar refractivity (Wildman–Crippen MR) is 53.8 cm³/mol. The van der Waals surface area contributed by atoms with Gasteiger partial charge in [-0.3, -0.25) is 0 Å². The van der Waals surface area contributed by atoms with E-state index in [9.17, 15) is 0 Å². The Morgan fingerprint density at radius 3 is 2.00 bits per heavy atom. The van der Waals surface area contributed by atoms with Crippen LogP contribution in [0.25, 0.3) is 0 Å². The minimum atomic E-state index is -0.366. The lowest BCUT2D eigenvalue weighted by Crippen LogP contribution is -2.01. The maximum absolute atomic E-state index is 4.16. The molecule has 56 valence electrons. The maximum Gasteiger partial charge on any atom is 0.0980 e. The van der Waals surface area contributed by atoms with Crippen LogP contribution in [-0.4, -0.2) is 3.41 Å². The van der Waals surface area contributed by atoms with Gasteiger partial charge in [-0.15, -0.1) is 0 Å². The summed E-state index contributed by atoms with van der Waals surface area (Å²) in [6.07, 6.45) is 4.64. The molecule has 0 saturated heterocycles. The van der Waals surface area contributed by atoms with Crippen LogP contribution in [-0.2, 0) is 0 Å². The summed E-state index contributed by atoms with van der Waals surface area (Å²) in [5, 5.41) is 0. The highest BCUT2D eigenvalue weighted by Gasteiger charge is 2.11. The fourth-order valence-corrected chi connectivity index (χ4v) is 1.09. The van der Waals surface area contributed by atoms with Crippen molar-refractivity contribution in [3.05, 3.63) is 0 Å². The first kappa shape index (κ1) is 10.0. The van der Waals surface area contributed by atoms with E-state index in [1.807, 2.05) is 0 Å². The SMILES string of the molecule is CCCCCC(S)(S)S. The van der Waals surface area contributed by atoms with Gasteiger partial charge in [0.05, 0.1) is 3.41 Å². The van der Waals surface area contributed by atoms with Gasteiger partial charge >= 0.3 is 0 Å². The zero-order valence-electron chi connectivity index (χ0n) is 5.67. The van der Waals surface area contributed by atoms with E-state index in [1.54, 1.807) is 0 Å². The van der Waals surface area contributed by atoms with Crippen LogP contribution in [0.15, 0.2) is 0 Å². The molecule has 9 heavy (non-hydrogen) atoms. The van der Waals surface area contributed by atoms with Crippen molar-refractivity contribution in [2.75, 3.05) is 0 Å². The smallest absolute Gasteiger partial charge is 0.0980 e. The monoisotopic (exact) mass is 182 g/mol. The molecule has 0 unspecified atom stereocenters. The van der Waals surface area contributed by atoms with Crippen molar-refractivity contribution in [1.29, 1.82) is 0 Å². The summed E-state index contributed by atoms with van der Waals surface area (Å²) < 4.78 is -0.366. The molecule has 0 aromatic heterocycles. The Hall–Kier alpha value is 1.05. The third-order valence-electron chi connectivity index (χ3n) is 1.12. The molecule has 0 aromatic rings. The number of unbranched alkanes of at least 4 members (excludes halogenated alkanes) is 2. The average Bonchev–Trinajstić information content (AvgIpc) is 1.63. The molecule has 3 heteroatoms. The summed E-state index contributed by atoms with van der Waals surface area (Å²) >= 11 is 12.5. The minimum Gasteiger partial charge on any atom is -0.151 e. The average molecular weight is 182 g/mol. The molecule has 0 heterocycles. The van der Waals surface area contributed by atoms with Gasteiger partial charge in [-0.2, -0.15) is 37.9 Å². The number of hydrogen-bond donors (Lipinski definition) is 3. The largest absolute Gasteiger partial charge is 0.151 e. The fourth-order valence-electron chi connectivity index (χ4n) is 0.612. The normalized spacial score (nSPS) is 12.0. The molecule has 0 aliphatic carbocycles. The van der Waals surface area contributed by atoms with Gasteiger partial charge in [-0.1, -0.05) is 26.2 Å². The lowest BCUT2D eigenvalue weighted by atomic mass is 10.2. The molecule has 0 bridgehead atoms. The Balaban J connectivity index is 3.07. The summed E-state index contributed by atoms with van der Waals surface area (Å²) in [6, 6.07) is 0. The molecular formula is C6H14S3. The molecule has 0 aromatic carbocycles. The zero-order valence-corrected chi connectivity index (χ0v) is 8.35. The summed E-state index contributed by atoms with van der Waals surface area (Å²) in [5.41, 5.74) is 0. The van der Waals surface area contributed by atoms with Crippen LogP contribution < -0.4 is 0 Å². The molecule has 0 aliphatic rings. The Bertz CT molecular complexity index is 65.2. The van der Waals surface area contributed by atoms with E-state index in [2.05, 4.69) is 44.8 Å². The van der Waals surface area contributed by atoms with Crippen molar-refractivity contribution in [1.82, 2.24) is 0 Å². The van der Waals surface area contributed by atoms with Crippen LogP contribution in [0.4, 0.5) is 0 Å². The highest BCUT2D eigenvalue weighted by atomic mass is 32.2. The highest BCUT2D eigenvalue weighted by molar-refractivity contribution is 8.16. The van der Waals surface area contributed by atoms with Crippen molar-refractivity contribution < 1.29 is 0 Å². The van der Waals surface area contributed by atoms with E-state index in [4.69, 9.17) is 0 Å². The fraction of sp³-hybridized carbons (Fsp3) is 1.00. The molecular weight excluding hydrogens is 168 g/mol. The summed E-state index contributed by atoms with van der Waals surface area (Å²) in [6.45, 7) is 2.18. The first-order valence-corrected chi connectivity index (χ1v) is 4.57. The van der Waals surface area contributed by atoms with Gasteiger partial charge in [-0.05, 0) is 6.42 Å². The van der Waals surface area contributed by atoms with E-state index in [0.717, 1.165) is 6.42 Å². The quantitative estimate of drug-likeness (QED) is 0.332. The standard InChI is InChI=1S/C6H14S3/c1-2-3-4-5-6(7,8)9/h7-9H,2-5H2,1H3. The van der Waals surface area contributed by atoms with Crippen LogP contribution in [0.5, 0.6) is 0 Å². The second-order valence-electron chi connectivity index (χ2n) is 2.23. The lowest BCUT2D eigenvalue weighted by Gasteiger charge is -2.13. The van der Waals surface area contributed by atoms with Crippen LogP contribution in [0.3, 0.4) is 0 Å². The van der Waals surface area contributed by atoms with Crippen molar-refractivity contribution >= 4 is 37.9 Å². The molecule has 0 spiro atoms. The molecule has 0 aliphatic heterocycles. The first-order chi connectivity index (χ1) is 4.06. The van der Waals surface area contributed by atoms with Gasteiger partial charge in [0.2, 0.25) is 0 Å². The molecule has 0 saturated carbocycles. The van der Waals surface area contributed by atoms with Gasteiger partial charge in [0.1, 0.15) is 0 Å². The Kier molecular flexibility index (Phi) is 5.36. The van der Waals surface area contributed by atoms with E-state index < -0.39 is 0 Å². The van der Waals surface area contributed by atoms with E-state index in [-0.39, 0.29) is 3.41 Å². The van der Waals surface area contributed by atoms with E-state index >= 15 is 0 Å². The van der Waals surface area contributed by atoms with Crippen LogP contribution in [0, 0.1) is 0 Å². The Morgan fingerprint density at radius 1 is 1.11 bits per heavy atom. The molecule has 0 rings (SSSR count). The summed E-state index contributed by atoms with van der Waals surface area (Å²) in [4.78, 5) is 0. The maximum atomic E-state index is 4.16. The van der Waals surface area contributed by atoms with Gasteiger partial charge in [0, 0.05) is 0 Å². The highest BCUT2D eigenvalue weighted by Crippen LogP contribution is 2.30. The Morgan fingerprint density at radius 2 is 1.67 bits per heavy atom. The van der Waals surface area contributed by atoms with E-state index in [1.165, 1.54) is 19.3 Å². The topological polar surface area (TPSA) is 0 Å². The van der Waals surface area contributed by atoms with Crippen molar-refractivity contribution in [3.8, 4) is 0 Å². The number of hydrogen-bond acceptors (Lipinski definition) is 3. The van der Waals surface area contributed by atoms with Gasteiger partial charge in [-0.25, -0.2) is 0 Å². The second-order valence-corrected chi connectivity index (χ2v) is 5.58.